The van der Waals surface area contributed by atoms with Gasteiger partial charge in [-0.25, -0.2) is 0 Å². The van der Waals surface area contributed by atoms with Crippen molar-refractivity contribution in [1.82, 2.24) is 4.90 Å². The molecule has 1 aromatic rings. The summed E-state index contributed by atoms with van der Waals surface area (Å²) in [6.07, 6.45) is 8.10. The van der Waals surface area contributed by atoms with Crippen LogP contribution in [-0.4, -0.2) is 43.2 Å². The van der Waals surface area contributed by atoms with Crippen molar-refractivity contribution in [2.75, 3.05) is 37.6 Å². The second-order valence-corrected chi connectivity index (χ2v) is 6.65. The molecule has 2 N–H and O–H groups in total. The van der Waals surface area contributed by atoms with Gasteiger partial charge in [0.1, 0.15) is 0 Å². The number of benzene rings is 1. The number of rotatable bonds is 3. The Hall–Kier alpha value is -1.06. The zero-order valence-electron chi connectivity index (χ0n) is 13.1. The molecule has 0 atom stereocenters. The normalized spacial score (nSPS) is 23.8. The Morgan fingerprint density at radius 3 is 2.05 bits per heavy atom. The number of hydrogen-bond acceptors (Lipinski definition) is 3. The molecule has 2 fully saturated rings. The molecule has 1 aromatic carbocycles. The second kappa shape index (κ2) is 6.80. The summed E-state index contributed by atoms with van der Waals surface area (Å²) in [7, 11) is 0. The van der Waals surface area contributed by atoms with Gasteiger partial charge in [0, 0.05) is 44.0 Å². The van der Waals surface area contributed by atoms with Crippen LogP contribution in [0.2, 0.25) is 0 Å². The average Bonchev–Trinajstić information content (AvgIpc) is 2.82. The Morgan fingerprint density at radius 1 is 0.857 bits per heavy atom. The molecule has 116 valence electrons. The standard InChI is InChI=1S/C18H29N3/c19-16-18(10-6-1-2-7-11-18)21-14-12-20(13-15-21)17-8-4-3-5-9-17/h3-5,8-9H,1-2,6-7,10-16,19H2. The van der Waals surface area contributed by atoms with Crippen LogP contribution in [-0.2, 0) is 0 Å². The molecule has 3 nitrogen and oxygen atoms in total. The highest BCUT2D eigenvalue weighted by Gasteiger charge is 2.37. The number of hydrogen-bond donors (Lipinski definition) is 1. The summed E-state index contributed by atoms with van der Waals surface area (Å²) in [6, 6.07) is 10.8. The SMILES string of the molecule is NCC1(N2CCN(c3ccccc3)CC2)CCCCCC1. The third kappa shape index (κ3) is 3.24. The van der Waals surface area contributed by atoms with Crippen molar-refractivity contribution < 1.29 is 0 Å². The first-order valence-electron chi connectivity index (χ1n) is 8.59. The molecule has 1 aliphatic carbocycles. The highest BCUT2D eigenvalue weighted by atomic mass is 15.3. The van der Waals surface area contributed by atoms with Crippen LogP contribution < -0.4 is 10.6 Å². The summed E-state index contributed by atoms with van der Waals surface area (Å²) in [5, 5.41) is 0. The van der Waals surface area contributed by atoms with E-state index in [2.05, 4.69) is 40.1 Å². The summed E-state index contributed by atoms with van der Waals surface area (Å²) in [4.78, 5) is 5.22. The molecule has 1 aliphatic heterocycles. The first-order chi connectivity index (χ1) is 10.3. The summed E-state index contributed by atoms with van der Waals surface area (Å²) in [5.74, 6) is 0. The number of nitrogens with zero attached hydrogens (tertiary/aromatic N) is 2. The predicted octanol–water partition coefficient (Wildman–Crippen LogP) is 2.86. The van der Waals surface area contributed by atoms with Gasteiger partial charge in [-0.2, -0.15) is 0 Å². The molecule has 0 unspecified atom stereocenters. The van der Waals surface area contributed by atoms with Crippen molar-refractivity contribution in [2.24, 2.45) is 5.73 Å². The van der Waals surface area contributed by atoms with Gasteiger partial charge in [0.15, 0.2) is 0 Å². The van der Waals surface area contributed by atoms with Gasteiger partial charge in [0.25, 0.3) is 0 Å². The number of para-hydroxylation sites is 1. The molecule has 1 saturated heterocycles. The van der Waals surface area contributed by atoms with Crippen LogP contribution >= 0.6 is 0 Å². The lowest BCUT2D eigenvalue weighted by molar-refractivity contribution is 0.0718. The van der Waals surface area contributed by atoms with E-state index in [-0.39, 0.29) is 0 Å². The maximum atomic E-state index is 6.23. The van der Waals surface area contributed by atoms with Crippen molar-refractivity contribution in [1.29, 1.82) is 0 Å². The van der Waals surface area contributed by atoms with Gasteiger partial charge in [0.05, 0.1) is 0 Å². The van der Waals surface area contributed by atoms with Crippen molar-refractivity contribution >= 4 is 5.69 Å². The molecule has 0 amide bonds. The Bertz CT molecular complexity index is 415. The lowest BCUT2D eigenvalue weighted by Gasteiger charge is -2.48. The topological polar surface area (TPSA) is 32.5 Å². The first kappa shape index (κ1) is 14.9. The third-order valence-corrected chi connectivity index (χ3v) is 5.49. The number of anilines is 1. The van der Waals surface area contributed by atoms with Crippen molar-refractivity contribution in [2.45, 2.75) is 44.1 Å². The van der Waals surface area contributed by atoms with Crippen LogP contribution in [0.3, 0.4) is 0 Å². The molecule has 3 heteroatoms. The average molecular weight is 287 g/mol. The third-order valence-electron chi connectivity index (χ3n) is 5.49. The van der Waals surface area contributed by atoms with Crippen LogP contribution in [0.4, 0.5) is 5.69 Å². The molecule has 1 saturated carbocycles. The molecule has 3 rings (SSSR count). The maximum Gasteiger partial charge on any atom is 0.0367 e. The highest BCUT2D eigenvalue weighted by molar-refractivity contribution is 5.46. The molecule has 0 radical (unpaired) electrons. The molecule has 2 aliphatic rings. The zero-order chi connectivity index (χ0) is 14.5. The predicted molar refractivity (Wildman–Crippen MR) is 89.7 cm³/mol. The minimum absolute atomic E-state index is 0.291. The van der Waals surface area contributed by atoms with Crippen molar-refractivity contribution in [3.8, 4) is 0 Å². The van der Waals surface area contributed by atoms with Crippen LogP contribution in [0.1, 0.15) is 38.5 Å². The number of nitrogens with two attached hydrogens (primary N) is 1. The van der Waals surface area contributed by atoms with Gasteiger partial charge in [-0.1, -0.05) is 43.9 Å². The fourth-order valence-electron chi connectivity index (χ4n) is 4.11. The van der Waals surface area contributed by atoms with Gasteiger partial charge < -0.3 is 10.6 Å². The lowest BCUT2D eigenvalue weighted by atomic mass is 9.87. The summed E-state index contributed by atoms with van der Waals surface area (Å²) >= 11 is 0. The largest absolute Gasteiger partial charge is 0.369 e. The molecular weight excluding hydrogens is 258 g/mol. The van der Waals surface area contributed by atoms with E-state index >= 15 is 0 Å². The highest BCUT2D eigenvalue weighted by Crippen LogP contribution is 2.33. The Morgan fingerprint density at radius 2 is 1.48 bits per heavy atom. The smallest absolute Gasteiger partial charge is 0.0367 e. The summed E-state index contributed by atoms with van der Waals surface area (Å²) in [6.45, 7) is 5.41. The van der Waals surface area contributed by atoms with Crippen LogP contribution in [0.25, 0.3) is 0 Å². The van der Waals surface area contributed by atoms with E-state index in [0.29, 0.717) is 5.54 Å². The fraction of sp³-hybridized carbons (Fsp3) is 0.667. The van der Waals surface area contributed by atoms with Crippen LogP contribution in [0, 0.1) is 0 Å². The zero-order valence-corrected chi connectivity index (χ0v) is 13.1. The van der Waals surface area contributed by atoms with E-state index in [0.717, 1.165) is 32.7 Å². The Labute approximate surface area is 129 Å². The van der Waals surface area contributed by atoms with Crippen LogP contribution in [0.15, 0.2) is 30.3 Å². The van der Waals surface area contributed by atoms with Crippen LogP contribution in [0.5, 0.6) is 0 Å². The van der Waals surface area contributed by atoms with Crippen molar-refractivity contribution in [3.63, 3.8) is 0 Å². The second-order valence-electron chi connectivity index (χ2n) is 6.65. The van der Waals surface area contributed by atoms with E-state index in [1.54, 1.807) is 0 Å². The van der Waals surface area contributed by atoms with Crippen molar-refractivity contribution in [3.05, 3.63) is 30.3 Å². The van der Waals surface area contributed by atoms with E-state index in [1.807, 2.05) is 0 Å². The minimum atomic E-state index is 0.291. The monoisotopic (exact) mass is 287 g/mol. The van der Waals surface area contributed by atoms with Gasteiger partial charge >= 0.3 is 0 Å². The molecule has 21 heavy (non-hydrogen) atoms. The molecule has 1 heterocycles. The summed E-state index contributed by atoms with van der Waals surface area (Å²) < 4.78 is 0. The van der Waals surface area contributed by atoms with Gasteiger partial charge in [-0.15, -0.1) is 0 Å². The Balaban J connectivity index is 1.64. The van der Waals surface area contributed by atoms with E-state index in [4.69, 9.17) is 5.73 Å². The molecule has 0 bridgehead atoms. The molecule has 0 aromatic heterocycles. The summed E-state index contributed by atoms with van der Waals surface area (Å²) in [5.41, 5.74) is 7.88. The van der Waals surface area contributed by atoms with E-state index in [1.165, 1.54) is 44.2 Å². The van der Waals surface area contributed by atoms with E-state index < -0.39 is 0 Å². The quantitative estimate of drug-likeness (QED) is 0.868. The maximum absolute atomic E-state index is 6.23. The van der Waals surface area contributed by atoms with E-state index in [9.17, 15) is 0 Å². The Kier molecular flexibility index (Phi) is 4.81. The van der Waals surface area contributed by atoms with Gasteiger partial charge in [-0.3, -0.25) is 4.90 Å². The fourth-order valence-corrected chi connectivity index (χ4v) is 4.11. The molecular formula is C18H29N3. The van der Waals surface area contributed by atoms with Gasteiger partial charge in [0.2, 0.25) is 0 Å². The minimum Gasteiger partial charge on any atom is -0.369 e. The number of piperazine rings is 1. The first-order valence-corrected chi connectivity index (χ1v) is 8.59. The lowest BCUT2D eigenvalue weighted by Crippen LogP contribution is -2.60. The van der Waals surface area contributed by atoms with Gasteiger partial charge in [-0.05, 0) is 25.0 Å². The molecule has 0 spiro atoms.